The van der Waals surface area contributed by atoms with Crippen molar-refractivity contribution < 1.29 is 9.32 Å². The summed E-state index contributed by atoms with van der Waals surface area (Å²) in [6.45, 7) is 5.67. The van der Waals surface area contributed by atoms with Gasteiger partial charge in [-0.2, -0.15) is 0 Å². The molecule has 0 unspecified atom stereocenters. The Bertz CT molecular complexity index is 1130. The number of nitrogens with one attached hydrogen (secondary N) is 2. The molecule has 0 saturated heterocycles. The van der Waals surface area contributed by atoms with Crippen LogP contribution in [0.3, 0.4) is 0 Å². The van der Waals surface area contributed by atoms with E-state index in [1.54, 1.807) is 30.5 Å². The van der Waals surface area contributed by atoms with E-state index >= 15 is 0 Å². The van der Waals surface area contributed by atoms with E-state index in [0.29, 0.717) is 23.2 Å². The first-order valence-corrected chi connectivity index (χ1v) is 10.2. The number of rotatable bonds is 6. The molecule has 1 saturated carbocycles. The van der Waals surface area contributed by atoms with Gasteiger partial charge in [-0.25, -0.2) is 10.8 Å². The van der Waals surface area contributed by atoms with Crippen molar-refractivity contribution in [3.05, 3.63) is 59.2 Å². The molecule has 9 nitrogen and oxygen atoms in total. The summed E-state index contributed by atoms with van der Waals surface area (Å²) in [5.41, 5.74) is 3.21. The van der Waals surface area contributed by atoms with Crippen molar-refractivity contribution in [2.75, 3.05) is 5.32 Å². The monoisotopic (exact) mass is 419 g/mol. The van der Waals surface area contributed by atoms with Gasteiger partial charge in [0.2, 0.25) is 0 Å². The Kier molecular flexibility index (Phi) is 5.51. The molecule has 4 rings (SSSR count). The van der Waals surface area contributed by atoms with Gasteiger partial charge in [-0.05, 0) is 57.4 Å². The molecule has 1 fully saturated rings. The molecule has 1 aliphatic carbocycles. The maximum Gasteiger partial charge on any atom is 0.275 e. The largest absolute Gasteiger partial charge is 0.356 e. The number of hydrogen-bond donors (Lipinski definition) is 3. The van der Waals surface area contributed by atoms with Crippen LogP contribution in [0.1, 0.15) is 60.0 Å². The van der Waals surface area contributed by atoms with Gasteiger partial charge in [0.1, 0.15) is 17.2 Å². The summed E-state index contributed by atoms with van der Waals surface area (Å²) >= 11 is 0. The van der Waals surface area contributed by atoms with Crippen LogP contribution in [0.2, 0.25) is 0 Å². The molecule has 0 aliphatic heterocycles. The van der Waals surface area contributed by atoms with Gasteiger partial charge in [-0.3, -0.25) is 20.2 Å². The molecule has 160 valence electrons. The van der Waals surface area contributed by atoms with Gasteiger partial charge in [-0.15, -0.1) is 0 Å². The van der Waals surface area contributed by atoms with E-state index in [2.05, 4.69) is 20.4 Å². The molecule has 0 bridgehead atoms. The van der Waals surface area contributed by atoms with E-state index < -0.39 is 5.91 Å². The number of anilines is 1. The van der Waals surface area contributed by atoms with Gasteiger partial charge in [-0.1, -0.05) is 11.2 Å². The van der Waals surface area contributed by atoms with Gasteiger partial charge < -0.3 is 9.84 Å². The van der Waals surface area contributed by atoms with E-state index in [1.807, 2.05) is 26.8 Å². The first-order valence-electron chi connectivity index (χ1n) is 10.2. The molecule has 1 amide bonds. The molecule has 1 aliphatic rings. The highest BCUT2D eigenvalue weighted by atomic mass is 16.5. The van der Waals surface area contributed by atoms with Crippen LogP contribution in [0.15, 0.2) is 41.1 Å². The highest BCUT2D eigenvalue weighted by molar-refractivity contribution is 6.03. The number of hydrazine groups is 1. The average Bonchev–Trinajstić information content (AvgIpc) is 3.50. The fourth-order valence-corrected chi connectivity index (χ4v) is 3.11. The van der Waals surface area contributed by atoms with Crippen LogP contribution in [0.5, 0.6) is 0 Å². The number of amides is 1. The van der Waals surface area contributed by atoms with Gasteiger partial charge in [0.25, 0.3) is 5.91 Å². The van der Waals surface area contributed by atoms with Crippen LogP contribution in [-0.4, -0.2) is 37.9 Å². The molecule has 3 aromatic rings. The second-order valence-electron chi connectivity index (χ2n) is 7.99. The van der Waals surface area contributed by atoms with Crippen molar-refractivity contribution >= 4 is 17.6 Å². The molecule has 9 heteroatoms. The Morgan fingerprint density at radius 3 is 2.77 bits per heavy atom. The van der Waals surface area contributed by atoms with E-state index in [-0.39, 0.29) is 17.6 Å². The lowest BCUT2D eigenvalue weighted by atomic mass is 10.1. The van der Waals surface area contributed by atoms with Crippen molar-refractivity contribution in [2.45, 2.75) is 45.6 Å². The number of carbonyl (C=O) groups excluding carboxylic acids is 1. The zero-order chi connectivity index (χ0) is 22.1. The third kappa shape index (κ3) is 4.46. The molecule has 0 spiro atoms. The van der Waals surface area contributed by atoms with Crippen molar-refractivity contribution in [1.82, 2.24) is 20.1 Å². The summed E-state index contributed by atoms with van der Waals surface area (Å²) in [7, 11) is 0. The van der Waals surface area contributed by atoms with Crippen molar-refractivity contribution in [3.8, 4) is 11.3 Å². The number of nitrogens with zero attached hydrogens (tertiary/aromatic N) is 4. The van der Waals surface area contributed by atoms with Gasteiger partial charge in [0.15, 0.2) is 11.6 Å². The second-order valence-corrected chi connectivity index (χ2v) is 7.99. The number of hydrogen-bond acceptors (Lipinski definition) is 7. The fourth-order valence-electron chi connectivity index (χ4n) is 3.11. The molecule has 0 atom stereocenters. The predicted molar refractivity (Wildman–Crippen MR) is 117 cm³/mol. The van der Waals surface area contributed by atoms with Crippen LogP contribution in [0.25, 0.3) is 11.3 Å². The van der Waals surface area contributed by atoms with E-state index in [0.717, 1.165) is 29.7 Å². The van der Waals surface area contributed by atoms with Gasteiger partial charge in [0, 0.05) is 29.8 Å². The summed E-state index contributed by atoms with van der Waals surface area (Å²) in [4.78, 5) is 21.4. The lowest BCUT2D eigenvalue weighted by Crippen LogP contribution is -2.43. The predicted octanol–water partition coefficient (Wildman–Crippen LogP) is 3.48. The standard InChI is InChI=1S/C22H25N7O2/c1-12(2)29(24)21(23)16-5-4-6-20(26-16)27-22(30)18-9-15(13(3)11-25-18)19-10-17(28-31-19)14-7-8-14/h4-6,9-12,14,23H,7-8,24H2,1-3H3,(H,26,27,30). The minimum absolute atomic E-state index is 0.0563. The van der Waals surface area contributed by atoms with Gasteiger partial charge in [0.05, 0.1) is 5.69 Å². The summed E-state index contributed by atoms with van der Waals surface area (Å²) in [5.74, 6) is 6.98. The van der Waals surface area contributed by atoms with Crippen molar-refractivity contribution in [3.63, 3.8) is 0 Å². The number of aryl methyl sites for hydroxylation is 1. The molecule has 4 N–H and O–H groups in total. The lowest BCUT2D eigenvalue weighted by molar-refractivity contribution is 0.102. The van der Waals surface area contributed by atoms with E-state index in [4.69, 9.17) is 15.8 Å². The SMILES string of the molecule is Cc1cnc(C(=O)Nc2cccc(C(=N)N(N)C(C)C)n2)cc1-c1cc(C2CC2)no1. The Labute approximate surface area is 180 Å². The van der Waals surface area contributed by atoms with Crippen LogP contribution in [-0.2, 0) is 0 Å². The van der Waals surface area contributed by atoms with E-state index in [9.17, 15) is 4.79 Å². The second kappa shape index (κ2) is 8.27. The maximum absolute atomic E-state index is 12.8. The molecular weight excluding hydrogens is 394 g/mol. The van der Waals surface area contributed by atoms with E-state index in [1.165, 1.54) is 5.01 Å². The first kappa shape index (κ1) is 20.7. The molecule has 3 aromatic heterocycles. The minimum Gasteiger partial charge on any atom is -0.356 e. The zero-order valence-corrected chi connectivity index (χ0v) is 17.7. The maximum atomic E-state index is 12.8. The van der Waals surface area contributed by atoms with Crippen LogP contribution < -0.4 is 11.2 Å². The van der Waals surface area contributed by atoms with Crippen molar-refractivity contribution in [2.24, 2.45) is 5.84 Å². The summed E-state index contributed by atoms with van der Waals surface area (Å²) in [6.07, 6.45) is 3.91. The quantitative estimate of drug-likeness (QED) is 0.241. The molecule has 0 aromatic carbocycles. The topological polar surface area (TPSA) is 134 Å². The lowest BCUT2D eigenvalue weighted by Gasteiger charge is -2.23. The average molecular weight is 419 g/mol. The first-order chi connectivity index (χ1) is 14.8. The Morgan fingerprint density at radius 1 is 1.29 bits per heavy atom. The number of aromatic nitrogens is 3. The molecule has 31 heavy (non-hydrogen) atoms. The fraction of sp³-hybridized carbons (Fsp3) is 0.318. The number of amidine groups is 1. The van der Waals surface area contributed by atoms with Crippen LogP contribution >= 0.6 is 0 Å². The number of nitrogens with two attached hydrogens (primary N) is 1. The molecular formula is C22H25N7O2. The molecule has 3 heterocycles. The summed E-state index contributed by atoms with van der Waals surface area (Å²) in [6, 6.07) is 8.60. The third-order valence-corrected chi connectivity index (χ3v) is 5.17. The Balaban J connectivity index is 1.54. The Hall–Kier alpha value is -3.59. The Morgan fingerprint density at radius 2 is 2.06 bits per heavy atom. The molecule has 0 radical (unpaired) electrons. The highest BCUT2D eigenvalue weighted by Crippen LogP contribution is 2.40. The van der Waals surface area contributed by atoms with Crippen LogP contribution in [0, 0.1) is 12.3 Å². The summed E-state index contributed by atoms with van der Waals surface area (Å²) in [5, 5.41) is 16.4. The highest BCUT2D eigenvalue weighted by Gasteiger charge is 2.27. The minimum atomic E-state index is -0.409. The third-order valence-electron chi connectivity index (χ3n) is 5.17. The number of carbonyl (C=O) groups is 1. The zero-order valence-electron chi connectivity index (χ0n) is 17.7. The van der Waals surface area contributed by atoms with Crippen LogP contribution in [0.4, 0.5) is 5.82 Å². The van der Waals surface area contributed by atoms with Gasteiger partial charge >= 0.3 is 0 Å². The smallest absolute Gasteiger partial charge is 0.275 e. The summed E-state index contributed by atoms with van der Waals surface area (Å²) < 4.78 is 5.51. The normalized spacial score (nSPS) is 13.3. The number of pyridine rings is 2. The van der Waals surface area contributed by atoms with Crippen molar-refractivity contribution in [1.29, 1.82) is 5.41 Å².